The standard InChI is InChI=1S/C13H24N3O5P/c1-3-20-22(19,21-4-2)9-5-6-11(10-17)16-8-7-12(14)15-13(16)18/h7-8,11,17H,3-6,9-10H2,1-2H3,(H2,14,15,18)/t11-/m0/s1. The summed E-state index contributed by atoms with van der Waals surface area (Å²) in [5.41, 5.74) is 4.92. The highest BCUT2D eigenvalue weighted by atomic mass is 31.2. The zero-order valence-corrected chi connectivity index (χ0v) is 13.9. The van der Waals surface area contributed by atoms with Crippen molar-refractivity contribution in [3.63, 3.8) is 0 Å². The van der Waals surface area contributed by atoms with E-state index in [0.29, 0.717) is 26.1 Å². The van der Waals surface area contributed by atoms with Gasteiger partial charge in [-0.2, -0.15) is 4.98 Å². The maximum atomic E-state index is 12.3. The van der Waals surface area contributed by atoms with Crippen LogP contribution in [0, 0.1) is 0 Å². The van der Waals surface area contributed by atoms with Crippen molar-refractivity contribution in [3.05, 3.63) is 22.7 Å². The van der Waals surface area contributed by atoms with Gasteiger partial charge in [-0.25, -0.2) is 4.79 Å². The van der Waals surface area contributed by atoms with E-state index in [4.69, 9.17) is 14.8 Å². The fourth-order valence-electron chi connectivity index (χ4n) is 2.10. The van der Waals surface area contributed by atoms with Crippen LogP contribution in [0.1, 0.15) is 32.7 Å². The van der Waals surface area contributed by atoms with Gasteiger partial charge in [0.2, 0.25) is 0 Å². The number of anilines is 1. The third-order valence-corrected chi connectivity index (χ3v) is 5.24. The Labute approximate surface area is 129 Å². The van der Waals surface area contributed by atoms with E-state index in [1.807, 2.05) is 0 Å². The Hall–Kier alpha value is -1.21. The molecule has 9 heteroatoms. The van der Waals surface area contributed by atoms with Crippen molar-refractivity contribution in [2.24, 2.45) is 0 Å². The van der Waals surface area contributed by atoms with Crippen LogP contribution in [0.4, 0.5) is 5.82 Å². The Bertz CT molecular complexity index is 553. The summed E-state index contributed by atoms with van der Waals surface area (Å²) in [5.74, 6) is 0.134. The van der Waals surface area contributed by atoms with Gasteiger partial charge in [0.25, 0.3) is 0 Å². The molecule has 1 rings (SSSR count). The molecule has 0 fully saturated rings. The van der Waals surface area contributed by atoms with Gasteiger partial charge in [0, 0.05) is 6.20 Å². The first kappa shape index (κ1) is 18.8. The number of nitrogen functional groups attached to an aromatic ring is 1. The van der Waals surface area contributed by atoms with Gasteiger partial charge < -0.3 is 19.9 Å². The summed E-state index contributed by atoms with van der Waals surface area (Å²) in [4.78, 5) is 15.4. The van der Waals surface area contributed by atoms with Crippen LogP contribution in [0.5, 0.6) is 0 Å². The Morgan fingerprint density at radius 1 is 1.41 bits per heavy atom. The first-order valence-corrected chi connectivity index (χ1v) is 9.02. The second-order valence-corrected chi connectivity index (χ2v) is 6.88. The molecule has 22 heavy (non-hydrogen) atoms. The molecule has 0 saturated carbocycles. The molecule has 1 atom stereocenters. The maximum absolute atomic E-state index is 12.3. The van der Waals surface area contributed by atoms with E-state index in [2.05, 4.69) is 4.98 Å². The van der Waals surface area contributed by atoms with Crippen molar-refractivity contribution in [1.82, 2.24) is 9.55 Å². The molecule has 0 radical (unpaired) electrons. The monoisotopic (exact) mass is 333 g/mol. The Kier molecular flexibility index (Phi) is 7.75. The topological polar surface area (TPSA) is 117 Å². The van der Waals surface area contributed by atoms with Crippen LogP contribution in [0.15, 0.2) is 17.1 Å². The van der Waals surface area contributed by atoms with Crippen molar-refractivity contribution in [2.45, 2.75) is 32.7 Å². The number of hydrogen-bond acceptors (Lipinski definition) is 7. The number of hydrogen-bond donors (Lipinski definition) is 2. The highest BCUT2D eigenvalue weighted by molar-refractivity contribution is 7.53. The van der Waals surface area contributed by atoms with Gasteiger partial charge in [-0.05, 0) is 32.8 Å². The molecule has 0 unspecified atom stereocenters. The Morgan fingerprint density at radius 3 is 2.55 bits per heavy atom. The van der Waals surface area contributed by atoms with Crippen LogP contribution in [-0.2, 0) is 13.6 Å². The summed E-state index contributed by atoms with van der Waals surface area (Å²) in [7, 11) is -3.10. The predicted octanol–water partition coefficient (Wildman–Crippen LogP) is 1.41. The molecule has 0 saturated heterocycles. The van der Waals surface area contributed by atoms with Gasteiger partial charge in [0.1, 0.15) is 5.82 Å². The average molecular weight is 333 g/mol. The maximum Gasteiger partial charge on any atom is 0.349 e. The van der Waals surface area contributed by atoms with Crippen molar-refractivity contribution >= 4 is 13.4 Å². The van der Waals surface area contributed by atoms with Crippen molar-refractivity contribution < 1.29 is 18.7 Å². The first-order valence-electron chi connectivity index (χ1n) is 7.29. The molecule has 8 nitrogen and oxygen atoms in total. The summed E-state index contributed by atoms with van der Waals surface area (Å²) in [6.07, 6.45) is 2.67. The van der Waals surface area contributed by atoms with E-state index in [0.717, 1.165) is 0 Å². The fourth-order valence-corrected chi connectivity index (χ4v) is 3.79. The summed E-state index contributed by atoms with van der Waals surface area (Å²) >= 11 is 0. The lowest BCUT2D eigenvalue weighted by atomic mass is 10.2. The lowest BCUT2D eigenvalue weighted by Gasteiger charge is -2.20. The minimum absolute atomic E-state index is 0.134. The van der Waals surface area contributed by atoms with Crippen LogP contribution < -0.4 is 11.4 Å². The zero-order valence-electron chi connectivity index (χ0n) is 13.0. The molecule has 0 aliphatic rings. The van der Waals surface area contributed by atoms with E-state index < -0.39 is 19.3 Å². The van der Waals surface area contributed by atoms with Gasteiger partial charge >= 0.3 is 13.3 Å². The van der Waals surface area contributed by atoms with Crippen LogP contribution in [0.3, 0.4) is 0 Å². The van der Waals surface area contributed by atoms with E-state index in [1.54, 1.807) is 13.8 Å². The smallest absolute Gasteiger partial charge is 0.349 e. The van der Waals surface area contributed by atoms with Gasteiger partial charge in [-0.1, -0.05) is 0 Å². The molecule has 3 N–H and O–H groups in total. The van der Waals surface area contributed by atoms with Crippen LogP contribution in [0.25, 0.3) is 0 Å². The van der Waals surface area contributed by atoms with Gasteiger partial charge in [0.15, 0.2) is 0 Å². The molecule has 0 aromatic carbocycles. The van der Waals surface area contributed by atoms with E-state index in [-0.39, 0.29) is 18.6 Å². The molecular formula is C13H24N3O5P. The number of nitrogens with zero attached hydrogens (tertiary/aromatic N) is 2. The molecule has 0 aliphatic carbocycles. The highest BCUT2D eigenvalue weighted by Gasteiger charge is 2.24. The minimum Gasteiger partial charge on any atom is -0.394 e. The van der Waals surface area contributed by atoms with Crippen LogP contribution in [-0.4, -0.2) is 40.6 Å². The number of rotatable bonds is 10. The molecule has 0 bridgehead atoms. The number of aromatic nitrogens is 2. The molecule has 126 valence electrons. The van der Waals surface area contributed by atoms with Crippen molar-refractivity contribution in [3.8, 4) is 0 Å². The van der Waals surface area contributed by atoms with Gasteiger partial charge in [0.05, 0.1) is 32.0 Å². The fraction of sp³-hybridized carbons (Fsp3) is 0.692. The summed E-state index contributed by atoms with van der Waals surface area (Å²) in [5, 5.41) is 9.46. The summed E-state index contributed by atoms with van der Waals surface area (Å²) in [6, 6.07) is 1.05. The molecular weight excluding hydrogens is 309 g/mol. The number of aliphatic hydroxyl groups is 1. The third kappa shape index (κ3) is 5.53. The van der Waals surface area contributed by atoms with Crippen molar-refractivity contribution in [2.75, 3.05) is 31.7 Å². The second kappa shape index (κ2) is 9.05. The molecule has 0 amide bonds. The quantitative estimate of drug-likeness (QED) is 0.622. The first-order chi connectivity index (χ1) is 10.5. The zero-order chi connectivity index (χ0) is 16.6. The predicted molar refractivity (Wildman–Crippen MR) is 84.0 cm³/mol. The molecule has 1 aromatic rings. The Morgan fingerprint density at radius 2 is 2.05 bits per heavy atom. The second-order valence-electron chi connectivity index (χ2n) is 4.69. The minimum atomic E-state index is -3.10. The van der Waals surface area contributed by atoms with E-state index >= 15 is 0 Å². The molecule has 1 aromatic heterocycles. The average Bonchev–Trinajstić information content (AvgIpc) is 2.45. The van der Waals surface area contributed by atoms with Gasteiger partial charge in [-0.3, -0.25) is 9.13 Å². The highest BCUT2D eigenvalue weighted by Crippen LogP contribution is 2.48. The van der Waals surface area contributed by atoms with Gasteiger partial charge in [-0.15, -0.1) is 0 Å². The van der Waals surface area contributed by atoms with Crippen LogP contribution >= 0.6 is 7.60 Å². The Balaban J connectivity index is 2.67. The SMILES string of the molecule is CCOP(=O)(CCC[C@@H](CO)n1ccc(N)nc1=O)OCC. The van der Waals surface area contributed by atoms with Crippen LogP contribution in [0.2, 0.25) is 0 Å². The lowest BCUT2D eigenvalue weighted by Crippen LogP contribution is -2.29. The van der Waals surface area contributed by atoms with Crippen molar-refractivity contribution in [1.29, 1.82) is 0 Å². The largest absolute Gasteiger partial charge is 0.394 e. The van der Waals surface area contributed by atoms with E-state index in [9.17, 15) is 14.5 Å². The molecule has 0 aliphatic heterocycles. The lowest BCUT2D eigenvalue weighted by molar-refractivity contribution is 0.207. The number of nitrogens with two attached hydrogens (primary N) is 1. The number of aliphatic hydroxyl groups excluding tert-OH is 1. The molecule has 1 heterocycles. The van der Waals surface area contributed by atoms with E-state index in [1.165, 1.54) is 16.8 Å². The normalized spacial score (nSPS) is 13.2. The third-order valence-electron chi connectivity index (χ3n) is 3.08. The summed E-state index contributed by atoms with van der Waals surface area (Å²) < 4.78 is 24.1. The molecule has 0 spiro atoms. The summed E-state index contributed by atoms with van der Waals surface area (Å²) in [6.45, 7) is 3.90.